The Labute approximate surface area is 461 Å². The minimum absolute atomic E-state index is 0.0273. The molecule has 3 saturated heterocycles. The number of rotatable bonds is 16. The number of phenolic OH excluding ortho intramolecular Hbond substituents is 2. The number of nitrogens with one attached hydrogen (secondary N) is 2. The van der Waals surface area contributed by atoms with Gasteiger partial charge >= 0.3 is 12.2 Å². The fourth-order valence-corrected chi connectivity index (χ4v) is 12.0. The van der Waals surface area contributed by atoms with E-state index in [1.807, 2.05) is 49.5 Å². The summed E-state index contributed by atoms with van der Waals surface area (Å²) in [6.45, 7) is 11.7. The van der Waals surface area contributed by atoms with Gasteiger partial charge in [-0.3, -0.25) is 14.2 Å². The molecular weight excluding hydrogens is 1040 g/mol. The number of piperidine rings is 1. The molecule has 4 aromatic carbocycles. The van der Waals surface area contributed by atoms with Crippen molar-refractivity contribution in [2.24, 2.45) is 5.92 Å². The molecule has 3 fully saturated rings. The fourth-order valence-electron chi connectivity index (χ4n) is 11.7. The number of hydrogen-bond acceptors (Lipinski definition) is 14. The normalized spacial score (nSPS) is 19.2. The molecule has 0 saturated carbocycles. The number of anilines is 2. The highest BCUT2D eigenvalue weighted by atomic mass is 35.5. The number of carbonyl (C=O) groups is 2. The maximum atomic E-state index is 13.2. The first kappa shape index (κ1) is 54.9. The number of hydrogen-bond donors (Lipinski definition) is 4. The zero-order valence-electron chi connectivity index (χ0n) is 44.2. The van der Waals surface area contributed by atoms with Crippen molar-refractivity contribution in [1.29, 1.82) is 5.26 Å². The third kappa shape index (κ3) is 12.2. The molecule has 17 nitrogen and oxygen atoms in total. The number of piperazine rings is 1. The smallest absolute Gasteiger partial charge is 0.405 e. The maximum Gasteiger partial charge on any atom is 0.405 e. The molecule has 4 aliphatic rings. The minimum Gasteiger partial charge on any atom is -0.508 e. The number of nitriles is 1. The van der Waals surface area contributed by atoms with Gasteiger partial charge in [0, 0.05) is 73.2 Å². The molecule has 6 aromatic rings. The molecule has 2 aromatic heterocycles. The lowest BCUT2D eigenvalue weighted by Crippen LogP contribution is -2.55. The van der Waals surface area contributed by atoms with Gasteiger partial charge in [-0.1, -0.05) is 68.4 Å². The predicted octanol–water partition coefficient (Wildman–Crippen LogP) is 8.49. The van der Waals surface area contributed by atoms with Crippen molar-refractivity contribution in [2.75, 3.05) is 68.8 Å². The van der Waals surface area contributed by atoms with Crippen LogP contribution in [0.1, 0.15) is 84.9 Å². The maximum absolute atomic E-state index is 13.2. The van der Waals surface area contributed by atoms with Crippen molar-refractivity contribution >= 4 is 45.7 Å². The number of aromatic hydroxyl groups is 2. The van der Waals surface area contributed by atoms with E-state index in [1.54, 1.807) is 23.1 Å². The summed E-state index contributed by atoms with van der Waals surface area (Å²) in [5.74, 6) is -1.04. The van der Waals surface area contributed by atoms with Crippen LogP contribution in [0.25, 0.3) is 27.8 Å². The van der Waals surface area contributed by atoms with Crippen LogP contribution in [0.4, 0.5) is 24.7 Å². The largest absolute Gasteiger partial charge is 0.508 e. The number of amides is 2. The summed E-state index contributed by atoms with van der Waals surface area (Å²) in [5, 5.41) is 47.7. The molecule has 21 heteroatoms. The van der Waals surface area contributed by atoms with Crippen molar-refractivity contribution in [3.05, 3.63) is 119 Å². The molecule has 6 heterocycles. The van der Waals surface area contributed by atoms with E-state index in [-0.39, 0.29) is 65.1 Å². The third-order valence-electron chi connectivity index (χ3n) is 15.7. The first-order valence-corrected chi connectivity index (χ1v) is 27.4. The van der Waals surface area contributed by atoms with Crippen molar-refractivity contribution in [3.8, 4) is 40.7 Å². The molecule has 414 valence electrons. The number of halogens is 4. The van der Waals surface area contributed by atoms with E-state index in [0.717, 1.165) is 97.4 Å². The number of likely N-dealkylation sites (tertiary alicyclic amines) is 1. The van der Waals surface area contributed by atoms with Crippen molar-refractivity contribution in [3.63, 3.8) is 0 Å². The first-order valence-electron chi connectivity index (χ1n) is 27.0. The molecule has 0 radical (unpaired) electrons. The van der Waals surface area contributed by atoms with E-state index in [1.165, 1.54) is 16.7 Å². The van der Waals surface area contributed by atoms with E-state index < -0.39 is 18.6 Å². The molecular formula is C58H64ClF3N12O5. The predicted molar refractivity (Wildman–Crippen MR) is 295 cm³/mol. The van der Waals surface area contributed by atoms with Gasteiger partial charge in [0.25, 0.3) is 5.91 Å². The Kier molecular flexibility index (Phi) is 16.3. The van der Waals surface area contributed by atoms with Crippen LogP contribution in [0.5, 0.6) is 17.5 Å². The topological polar surface area (TPSA) is 201 Å². The fraction of sp³-hybridized carbons (Fsp3) is 0.431. The van der Waals surface area contributed by atoms with Gasteiger partial charge in [-0.05, 0) is 116 Å². The molecule has 4 aliphatic heterocycles. The van der Waals surface area contributed by atoms with Crippen molar-refractivity contribution in [1.82, 2.24) is 45.2 Å². The van der Waals surface area contributed by atoms with Crippen LogP contribution in [0.2, 0.25) is 5.02 Å². The lowest BCUT2D eigenvalue weighted by Gasteiger charge is -2.42. The number of ether oxygens (including phenoxy) is 1. The Bertz CT molecular complexity index is 3260. The minimum atomic E-state index is -4.65. The second kappa shape index (κ2) is 23.5. The van der Waals surface area contributed by atoms with E-state index in [2.05, 4.69) is 61.1 Å². The number of fused-ring (bicyclic) bond motifs is 2. The van der Waals surface area contributed by atoms with Gasteiger partial charge in [0.15, 0.2) is 5.82 Å². The Morgan fingerprint density at radius 3 is 2.44 bits per heavy atom. The highest BCUT2D eigenvalue weighted by Gasteiger charge is 2.35. The zero-order valence-corrected chi connectivity index (χ0v) is 45.0. The summed E-state index contributed by atoms with van der Waals surface area (Å²) in [6.07, 6.45) is 2.27. The van der Waals surface area contributed by atoms with Crippen LogP contribution in [0, 0.1) is 17.2 Å². The molecule has 79 heavy (non-hydrogen) atoms. The van der Waals surface area contributed by atoms with Crippen molar-refractivity contribution < 1.29 is 37.7 Å². The average molecular weight is 1100 g/mol. The summed E-state index contributed by atoms with van der Waals surface area (Å²) in [6, 6.07) is 24.9. The summed E-state index contributed by atoms with van der Waals surface area (Å²) in [5.41, 5.74) is 5.07. The number of nitrogens with zero attached hydrogens (tertiary/aromatic N) is 10. The highest BCUT2D eigenvalue weighted by molar-refractivity contribution is 6.36. The van der Waals surface area contributed by atoms with Gasteiger partial charge in [0.1, 0.15) is 30.5 Å². The van der Waals surface area contributed by atoms with Crippen LogP contribution in [0.3, 0.4) is 0 Å². The van der Waals surface area contributed by atoms with Gasteiger partial charge in [-0.25, -0.2) is 0 Å². The lowest BCUT2D eigenvalue weighted by atomic mass is 9.90. The van der Waals surface area contributed by atoms with Gasteiger partial charge in [0.2, 0.25) is 11.7 Å². The van der Waals surface area contributed by atoms with Crippen LogP contribution in [-0.2, 0) is 24.2 Å². The molecule has 3 unspecified atom stereocenters. The quantitative estimate of drug-likeness (QED) is 0.0673. The highest BCUT2D eigenvalue weighted by Crippen LogP contribution is 2.40. The molecule has 3 atom stereocenters. The van der Waals surface area contributed by atoms with Crippen LogP contribution in [0.15, 0.2) is 85.5 Å². The van der Waals surface area contributed by atoms with Gasteiger partial charge in [-0.2, -0.15) is 28.4 Å². The SMILES string of the molecule is C=CC(=O)N1CCN(c2nc(OCC3CCC(CN4CCC(Cc5ccc(-n6c(C(=O)NCC(F)(F)F)nnc6-c6cc(C(C)C)c(O)cc6O)cc5)CC4)N3)nc3c2CCN(c2cccc4cccc(Cl)c24)C3)CC1CC#N. The zero-order chi connectivity index (χ0) is 55.5. The summed E-state index contributed by atoms with van der Waals surface area (Å²) in [4.78, 5) is 44.8. The van der Waals surface area contributed by atoms with Crippen LogP contribution >= 0.6 is 11.6 Å². The molecule has 2 amide bonds. The molecule has 0 bridgehead atoms. The van der Waals surface area contributed by atoms with E-state index in [4.69, 9.17) is 26.3 Å². The third-order valence-corrected chi connectivity index (χ3v) is 16.1. The monoisotopic (exact) mass is 1100 g/mol. The Hall–Kier alpha value is -7.47. The molecule has 0 spiro atoms. The molecule has 10 rings (SSSR count). The Balaban J connectivity index is 0.770. The van der Waals surface area contributed by atoms with Crippen molar-refractivity contribution in [2.45, 2.75) is 95.6 Å². The van der Waals surface area contributed by atoms with Crippen LogP contribution < -0.4 is 25.2 Å². The summed E-state index contributed by atoms with van der Waals surface area (Å²) < 4.78 is 47.3. The standard InChI is InChI=1S/C58H64ClF3N12O5/c1-4-51(77)73-26-25-72(31-42(73)17-21-63)53-43-20-24-71(48-10-6-8-38-7-5-9-46(59)52(38)48)32-47(43)66-57(67-53)79-33-40-14-13-39(65-40)30-70-22-18-37(19-23-70)27-36-11-15-41(16-12-36)74-54(45-28-44(35(2)3)49(75)29-50(45)76)68-69-55(74)56(78)64-34-58(60,61)62/h4-12,15-16,28-29,35,37,39-40,42,65,75-76H,1,13-14,17-20,22-27,30-34H2,2-3H3,(H,64,78). The summed E-state index contributed by atoms with van der Waals surface area (Å²) in [7, 11) is 0. The number of benzene rings is 4. The van der Waals surface area contributed by atoms with Gasteiger partial charge < -0.3 is 45.2 Å². The Morgan fingerprint density at radius 2 is 1.71 bits per heavy atom. The number of aromatic nitrogens is 5. The average Bonchev–Trinajstić information content (AvgIpc) is 4.27. The second-order valence-electron chi connectivity index (χ2n) is 21.4. The second-order valence-corrected chi connectivity index (χ2v) is 21.8. The Morgan fingerprint density at radius 1 is 0.949 bits per heavy atom. The van der Waals surface area contributed by atoms with Crippen LogP contribution in [-0.4, -0.2) is 140 Å². The number of phenols is 2. The van der Waals surface area contributed by atoms with E-state index >= 15 is 0 Å². The van der Waals surface area contributed by atoms with Gasteiger partial charge in [0.05, 0.1) is 41.4 Å². The van der Waals surface area contributed by atoms with E-state index in [0.29, 0.717) is 67.4 Å². The number of alkyl halides is 3. The lowest BCUT2D eigenvalue weighted by molar-refractivity contribution is -0.128. The molecule has 0 aliphatic carbocycles. The summed E-state index contributed by atoms with van der Waals surface area (Å²) >= 11 is 6.80. The first-order chi connectivity index (χ1) is 38.0. The molecule has 4 N–H and O–H groups in total. The van der Waals surface area contributed by atoms with E-state index in [9.17, 15) is 38.2 Å². The van der Waals surface area contributed by atoms with Gasteiger partial charge in [-0.15, -0.1) is 10.2 Å². The number of carbonyl (C=O) groups excluding carboxylic acids is 2.